The molecule has 0 spiro atoms. The van der Waals surface area contributed by atoms with Crippen LogP contribution in [0.2, 0.25) is 0 Å². The monoisotopic (exact) mass is 112 g/mol. The lowest BCUT2D eigenvalue weighted by Gasteiger charge is -2.45. The van der Waals surface area contributed by atoms with Gasteiger partial charge in [-0.05, 0) is 24.2 Å². The third-order valence-corrected chi connectivity index (χ3v) is 3.15. The third kappa shape index (κ3) is 0.667. The van der Waals surface area contributed by atoms with Crippen molar-refractivity contribution in [1.29, 1.82) is 0 Å². The maximum atomic E-state index is 2.40. The molecule has 2 unspecified atom stereocenters. The summed E-state index contributed by atoms with van der Waals surface area (Å²) in [5.41, 5.74) is 0.722. The summed E-state index contributed by atoms with van der Waals surface area (Å²) >= 11 is 0. The zero-order valence-corrected chi connectivity index (χ0v) is 6.20. The third-order valence-electron chi connectivity index (χ3n) is 3.15. The molecule has 2 atom stereocenters. The van der Waals surface area contributed by atoms with E-state index in [1.165, 1.54) is 19.3 Å². The smallest absolute Gasteiger partial charge is 0.0303 e. The predicted octanol–water partition coefficient (Wildman–Crippen LogP) is 2.83. The lowest BCUT2D eigenvalue weighted by atomic mass is 9.61. The van der Waals surface area contributed by atoms with Gasteiger partial charge < -0.3 is 0 Å². The van der Waals surface area contributed by atoms with Crippen molar-refractivity contribution in [3.05, 3.63) is 0 Å². The van der Waals surface area contributed by atoms with E-state index in [2.05, 4.69) is 20.8 Å². The standard InChI is InChI=1S/C8H16/c1-4-8(3)6-5-7(8)2/h7H,4-6H2,1-3H3. The first-order chi connectivity index (χ1) is 3.69. The van der Waals surface area contributed by atoms with Gasteiger partial charge in [0.15, 0.2) is 0 Å². The van der Waals surface area contributed by atoms with Crippen LogP contribution in [0, 0.1) is 11.3 Å². The van der Waals surface area contributed by atoms with E-state index in [9.17, 15) is 0 Å². The molecule has 0 aromatic carbocycles. The molecule has 0 aliphatic heterocycles. The van der Waals surface area contributed by atoms with Crippen molar-refractivity contribution in [2.75, 3.05) is 0 Å². The van der Waals surface area contributed by atoms with E-state index in [0.717, 1.165) is 11.3 Å². The average Bonchev–Trinajstić information content (AvgIpc) is 1.83. The molecular weight excluding hydrogens is 96.1 g/mol. The van der Waals surface area contributed by atoms with Gasteiger partial charge in [0.25, 0.3) is 0 Å². The van der Waals surface area contributed by atoms with E-state index in [4.69, 9.17) is 0 Å². The fourth-order valence-electron chi connectivity index (χ4n) is 1.45. The van der Waals surface area contributed by atoms with Crippen LogP contribution in [0.1, 0.15) is 40.0 Å². The molecule has 48 valence electrons. The lowest BCUT2D eigenvalue weighted by Crippen LogP contribution is -2.34. The Morgan fingerprint density at radius 2 is 2.25 bits per heavy atom. The summed E-state index contributed by atoms with van der Waals surface area (Å²) in [5, 5.41) is 0. The van der Waals surface area contributed by atoms with Crippen molar-refractivity contribution in [2.45, 2.75) is 40.0 Å². The SMILES string of the molecule is CCC1(C)CCC1C. The predicted molar refractivity (Wildman–Crippen MR) is 36.8 cm³/mol. The first kappa shape index (κ1) is 6.12. The second kappa shape index (κ2) is 1.75. The second-order valence-corrected chi connectivity index (χ2v) is 3.45. The van der Waals surface area contributed by atoms with Crippen molar-refractivity contribution >= 4 is 0 Å². The van der Waals surface area contributed by atoms with Gasteiger partial charge in [0.2, 0.25) is 0 Å². The summed E-state index contributed by atoms with van der Waals surface area (Å²) in [6, 6.07) is 0. The Morgan fingerprint density at radius 3 is 2.25 bits per heavy atom. The molecule has 1 fully saturated rings. The zero-order valence-electron chi connectivity index (χ0n) is 6.20. The quantitative estimate of drug-likeness (QED) is 0.489. The van der Waals surface area contributed by atoms with Crippen LogP contribution in [0.15, 0.2) is 0 Å². The highest BCUT2D eigenvalue weighted by molar-refractivity contribution is 4.87. The minimum Gasteiger partial charge on any atom is -0.0649 e. The van der Waals surface area contributed by atoms with Crippen LogP contribution < -0.4 is 0 Å². The summed E-state index contributed by atoms with van der Waals surface area (Å²) in [7, 11) is 0. The van der Waals surface area contributed by atoms with Gasteiger partial charge in [-0.3, -0.25) is 0 Å². The molecule has 1 saturated carbocycles. The van der Waals surface area contributed by atoms with E-state index in [0.29, 0.717) is 0 Å². The Hall–Kier alpha value is 0. The molecule has 0 heterocycles. The van der Waals surface area contributed by atoms with E-state index in [1.54, 1.807) is 0 Å². The molecule has 0 N–H and O–H groups in total. The fraction of sp³-hybridized carbons (Fsp3) is 1.00. The van der Waals surface area contributed by atoms with E-state index in [1.807, 2.05) is 0 Å². The van der Waals surface area contributed by atoms with Gasteiger partial charge in [-0.1, -0.05) is 27.2 Å². The summed E-state index contributed by atoms with van der Waals surface area (Å²) in [6.07, 6.45) is 4.29. The Morgan fingerprint density at radius 1 is 1.62 bits per heavy atom. The molecule has 0 amide bonds. The Bertz CT molecular complexity index is 82.0. The molecule has 0 aromatic rings. The van der Waals surface area contributed by atoms with Crippen molar-refractivity contribution in [3.63, 3.8) is 0 Å². The minimum atomic E-state index is 0.722. The maximum Gasteiger partial charge on any atom is -0.0303 e. The number of hydrogen-bond acceptors (Lipinski definition) is 0. The average molecular weight is 112 g/mol. The maximum absolute atomic E-state index is 2.40. The van der Waals surface area contributed by atoms with Gasteiger partial charge in [-0.2, -0.15) is 0 Å². The second-order valence-electron chi connectivity index (χ2n) is 3.45. The molecule has 0 saturated heterocycles. The molecule has 8 heavy (non-hydrogen) atoms. The van der Waals surface area contributed by atoms with Crippen molar-refractivity contribution in [2.24, 2.45) is 11.3 Å². The molecule has 0 heteroatoms. The minimum absolute atomic E-state index is 0.722. The van der Waals surface area contributed by atoms with Gasteiger partial charge in [0, 0.05) is 0 Å². The van der Waals surface area contributed by atoms with Crippen molar-refractivity contribution in [3.8, 4) is 0 Å². The largest absolute Gasteiger partial charge is 0.0649 e. The van der Waals surface area contributed by atoms with Crippen molar-refractivity contribution in [1.82, 2.24) is 0 Å². The van der Waals surface area contributed by atoms with Crippen LogP contribution in [0.3, 0.4) is 0 Å². The lowest BCUT2D eigenvalue weighted by molar-refractivity contribution is 0.0614. The molecule has 1 aliphatic rings. The molecule has 1 aliphatic carbocycles. The molecule has 0 bridgehead atoms. The van der Waals surface area contributed by atoms with Gasteiger partial charge in [-0.25, -0.2) is 0 Å². The summed E-state index contributed by atoms with van der Waals surface area (Å²) in [6.45, 7) is 7.07. The van der Waals surface area contributed by atoms with Crippen molar-refractivity contribution < 1.29 is 0 Å². The summed E-state index contributed by atoms with van der Waals surface area (Å²) < 4.78 is 0. The summed E-state index contributed by atoms with van der Waals surface area (Å²) in [4.78, 5) is 0. The number of hydrogen-bond donors (Lipinski definition) is 0. The van der Waals surface area contributed by atoms with Gasteiger partial charge in [0.1, 0.15) is 0 Å². The highest BCUT2D eigenvalue weighted by atomic mass is 14.4. The first-order valence-electron chi connectivity index (χ1n) is 3.69. The topological polar surface area (TPSA) is 0 Å². The molecular formula is C8H16. The normalized spacial score (nSPS) is 46.1. The van der Waals surface area contributed by atoms with Gasteiger partial charge >= 0.3 is 0 Å². The van der Waals surface area contributed by atoms with Crippen LogP contribution in [-0.4, -0.2) is 0 Å². The van der Waals surface area contributed by atoms with Gasteiger partial charge in [-0.15, -0.1) is 0 Å². The Kier molecular flexibility index (Phi) is 1.34. The molecule has 0 radical (unpaired) electrons. The zero-order chi connectivity index (χ0) is 6.20. The molecule has 1 rings (SSSR count). The first-order valence-corrected chi connectivity index (χ1v) is 3.69. The van der Waals surface area contributed by atoms with Crippen LogP contribution in [0.5, 0.6) is 0 Å². The van der Waals surface area contributed by atoms with E-state index < -0.39 is 0 Å². The van der Waals surface area contributed by atoms with Crippen LogP contribution in [0.25, 0.3) is 0 Å². The Labute approximate surface area is 52.3 Å². The molecule has 0 nitrogen and oxygen atoms in total. The van der Waals surface area contributed by atoms with E-state index >= 15 is 0 Å². The fourth-order valence-corrected chi connectivity index (χ4v) is 1.45. The number of rotatable bonds is 1. The van der Waals surface area contributed by atoms with E-state index in [-0.39, 0.29) is 0 Å². The summed E-state index contributed by atoms with van der Waals surface area (Å²) in [5.74, 6) is 0.993. The molecule has 0 aromatic heterocycles. The highest BCUT2D eigenvalue weighted by Gasteiger charge is 2.37. The van der Waals surface area contributed by atoms with Gasteiger partial charge in [0.05, 0.1) is 0 Å². The van der Waals surface area contributed by atoms with Crippen LogP contribution in [-0.2, 0) is 0 Å². The Balaban J connectivity index is 2.42. The van der Waals surface area contributed by atoms with Crippen LogP contribution >= 0.6 is 0 Å². The highest BCUT2D eigenvalue weighted by Crippen LogP contribution is 2.48. The van der Waals surface area contributed by atoms with Crippen LogP contribution in [0.4, 0.5) is 0 Å².